The first-order valence-corrected chi connectivity index (χ1v) is 15.2. The lowest BCUT2D eigenvalue weighted by Crippen LogP contribution is -2.39. The zero-order valence-electron chi connectivity index (χ0n) is 23.8. The number of hydroxylamine groups is 1. The number of amides is 1. The van der Waals surface area contributed by atoms with Crippen LogP contribution in [0.3, 0.4) is 0 Å². The number of benzene rings is 1. The monoisotopic (exact) mass is 582 g/mol. The van der Waals surface area contributed by atoms with E-state index in [1.807, 2.05) is 12.2 Å². The van der Waals surface area contributed by atoms with Crippen molar-refractivity contribution in [2.45, 2.75) is 43.9 Å². The van der Waals surface area contributed by atoms with E-state index in [1.165, 1.54) is 29.1 Å². The second-order valence-corrected chi connectivity index (χ2v) is 11.8. The Kier molecular flexibility index (Phi) is 10.3. The van der Waals surface area contributed by atoms with Crippen molar-refractivity contribution >= 4 is 15.9 Å². The summed E-state index contributed by atoms with van der Waals surface area (Å²) >= 11 is 0. The van der Waals surface area contributed by atoms with Crippen LogP contribution >= 0.6 is 0 Å². The van der Waals surface area contributed by atoms with E-state index in [0.717, 1.165) is 36.2 Å². The molecule has 0 aromatic heterocycles. The first-order chi connectivity index (χ1) is 19.8. The number of hydrogen-bond acceptors (Lipinski definition) is 7. The van der Waals surface area contributed by atoms with E-state index in [2.05, 4.69) is 36.5 Å². The van der Waals surface area contributed by atoms with Gasteiger partial charge in [0.15, 0.2) is 11.5 Å². The Hall–Kier alpha value is -3.60. The Bertz CT molecular complexity index is 1430. The fourth-order valence-corrected chi connectivity index (χ4v) is 7.04. The van der Waals surface area contributed by atoms with Gasteiger partial charge in [0.1, 0.15) is 11.3 Å². The standard InChI is InChI=1S/C31H38N2O7S/c1-4-40-30-27(39-3)15-16-28(29(30)31(34)32-35)41(36,37)33-19-17-23(18-20-33)21-22-9-8-10-24(14-13-22)25-11-6-5-7-12-26(25)38-2/h5-7,9-11,13-16,23,35H,4,8,12,17-21H2,1-3H3,(H,32,34). The number of piperidine rings is 1. The normalized spacial score (nSPS) is 18.3. The summed E-state index contributed by atoms with van der Waals surface area (Å²) in [4.78, 5) is 12.4. The largest absolute Gasteiger partial charge is 0.500 e. The minimum absolute atomic E-state index is 0.0263. The second-order valence-electron chi connectivity index (χ2n) is 9.94. The molecule has 220 valence electrons. The summed E-state index contributed by atoms with van der Waals surface area (Å²) in [7, 11) is -0.947. The van der Waals surface area contributed by atoms with Gasteiger partial charge in [-0.15, -0.1) is 0 Å². The molecule has 4 rings (SSSR count). The zero-order chi connectivity index (χ0) is 29.4. The molecule has 0 spiro atoms. The second kappa shape index (κ2) is 13.8. The number of carbonyl (C=O) groups excluding carboxylic acids is 1. The molecule has 0 atom stereocenters. The minimum Gasteiger partial charge on any atom is -0.500 e. The van der Waals surface area contributed by atoms with Crippen molar-refractivity contribution in [2.24, 2.45) is 5.92 Å². The molecule has 9 nitrogen and oxygen atoms in total. The van der Waals surface area contributed by atoms with Gasteiger partial charge in [-0.2, -0.15) is 4.31 Å². The molecule has 1 saturated heterocycles. The molecular weight excluding hydrogens is 544 g/mol. The first kappa shape index (κ1) is 30.4. The van der Waals surface area contributed by atoms with E-state index in [0.29, 0.717) is 31.8 Å². The highest BCUT2D eigenvalue weighted by molar-refractivity contribution is 7.89. The van der Waals surface area contributed by atoms with Gasteiger partial charge in [-0.3, -0.25) is 10.0 Å². The quantitative estimate of drug-likeness (QED) is 0.287. The molecule has 10 heteroatoms. The van der Waals surface area contributed by atoms with Crippen molar-refractivity contribution < 1.29 is 32.6 Å². The molecule has 1 fully saturated rings. The van der Waals surface area contributed by atoms with Gasteiger partial charge in [0, 0.05) is 25.1 Å². The number of carbonyl (C=O) groups is 1. The fourth-order valence-electron chi connectivity index (χ4n) is 5.39. The molecule has 1 heterocycles. The van der Waals surface area contributed by atoms with E-state index in [1.54, 1.807) is 19.5 Å². The van der Waals surface area contributed by atoms with Gasteiger partial charge < -0.3 is 14.2 Å². The number of allylic oxidation sites excluding steroid dienone is 11. The summed E-state index contributed by atoms with van der Waals surface area (Å²) in [6, 6.07) is 2.78. The Morgan fingerprint density at radius 2 is 1.85 bits per heavy atom. The van der Waals surface area contributed by atoms with Crippen molar-refractivity contribution in [3.05, 3.63) is 88.8 Å². The van der Waals surface area contributed by atoms with Crippen LogP contribution < -0.4 is 15.0 Å². The van der Waals surface area contributed by atoms with Crippen molar-refractivity contribution in [1.29, 1.82) is 0 Å². The van der Waals surface area contributed by atoms with Gasteiger partial charge in [-0.1, -0.05) is 54.2 Å². The Labute approximate surface area is 242 Å². The van der Waals surface area contributed by atoms with Gasteiger partial charge in [-0.05, 0) is 56.2 Å². The zero-order valence-corrected chi connectivity index (χ0v) is 24.6. The third-order valence-electron chi connectivity index (χ3n) is 7.50. The third kappa shape index (κ3) is 6.83. The maximum absolute atomic E-state index is 13.7. The molecule has 1 aromatic carbocycles. The van der Waals surface area contributed by atoms with Crippen LogP contribution in [0.1, 0.15) is 49.4 Å². The van der Waals surface area contributed by atoms with Crippen molar-refractivity contribution in [3.8, 4) is 11.5 Å². The summed E-state index contributed by atoms with van der Waals surface area (Å²) < 4.78 is 45.3. The number of rotatable bonds is 10. The number of nitrogens with zero attached hydrogens (tertiary/aromatic N) is 1. The highest BCUT2D eigenvalue weighted by Gasteiger charge is 2.35. The van der Waals surface area contributed by atoms with Crippen LogP contribution in [0.15, 0.2) is 88.1 Å². The number of nitrogens with one attached hydrogen (secondary N) is 1. The molecule has 0 bridgehead atoms. The summed E-state index contributed by atoms with van der Waals surface area (Å²) in [5.74, 6) is 0.455. The first-order valence-electron chi connectivity index (χ1n) is 13.8. The third-order valence-corrected chi connectivity index (χ3v) is 9.44. The van der Waals surface area contributed by atoms with Crippen molar-refractivity contribution in [1.82, 2.24) is 9.79 Å². The lowest BCUT2D eigenvalue weighted by atomic mass is 9.90. The average molecular weight is 583 g/mol. The van der Waals surface area contributed by atoms with Gasteiger partial charge in [-0.25, -0.2) is 13.9 Å². The molecule has 1 aliphatic heterocycles. The average Bonchev–Trinajstić information content (AvgIpc) is 3.37. The molecule has 1 amide bonds. The van der Waals surface area contributed by atoms with Crippen LogP contribution in [0, 0.1) is 5.92 Å². The van der Waals surface area contributed by atoms with Crippen molar-refractivity contribution in [3.63, 3.8) is 0 Å². The number of ether oxygens (including phenoxy) is 3. The Morgan fingerprint density at radius 1 is 1.07 bits per heavy atom. The summed E-state index contributed by atoms with van der Waals surface area (Å²) in [6.45, 7) is 2.54. The molecule has 1 aromatic rings. The molecule has 41 heavy (non-hydrogen) atoms. The molecule has 0 saturated carbocycles. The predicted octanol–water partition coefficient (Wildman–Crippen LogP) is 5.23. The van der Waals surface area contributed by atoms with Crippen molar-refractivity contribution in [2.75, 3.05) is 33.9 Å². The lowest BCUT2D eigenvalue weighted by Gasteiger charge is -2.32. The van der Waals surface area contributed by atoms with E-state index in [-0.39, 0.29) is 28.6 Å². The number of methoxy groups -OCH3 is 2. The predicted molar refractivity (Wildman–Crippen MR) is 156 cm³/mol. The van der Waals surface area contributed by atoms with Crippen LogP contribution in [-0.2, 0) is 14.8 Å². The highest BCUT2D eigenvalue weighted by Crippen LogP contribution is 2.38. The van der Waals surface area contributed by atoms with Gasteiger partial charge >= 0.3 is 0 Å². The van der Waals surface area contributed by atoms with E-state index < -0.39 is 15.9 Å². The molecule has 2 N–H and O–H groups in total. The van der Waals surface area contributed by atoms with E-state index in [9.17, 15) is 18.4 Å². The van der Waals surface area contributed by atoms with E-state index in [4.69, 9.17) is 14.2 Å². The Morgan fingerprint density at radius 3 is 2.54 bits per heavy atom. The minimum atomic E-state index is -4.05. The van der Waals surface area contributed by atoms with Crippen LogP contribution in [0.5, 0.6) is 11.5 Å². The van der Waals surface area contributed by atoms with Crippen LogP contribution in [0.2, 0.25) is 0 Å². The molecule has 3 aliphatic rings. The highest BCUT2D eigenvalue weighted by atomic mass is 32.2. The molecule has 0 radical (unpaired) electrons. The van der Waals surface area contributed by atoms with Gasteiger partial charge in [0.05, 0.1) is 25.7 Å². The van der Waals surface area contributed by atoms with Crippen LogP contribution in [-0.4, -0.2) is 57.8 Å². The maximum Gasteiger partial charge on any atom is 0.279 e. The fraction of sp³-hybridized carbons (Fsp3) is 0.387. The lowest BCUT2D eigenvalue weighted by molar-refractivity contribution is 0.0697. The van der Waals surface area contributed by atoms with Gasteiger partial charge in [0.2, 0.25) is 10.0 Å². The Balaban J connectivity index is 1.45. The summed E-state index contributed by atoms with van der Waals surface area (Å²) in [5.41, 5.74) is 4.71. The topological polar surface area (TPSA) is 114 Å². The SMILES string of the molecule is CCOc1c(OC)ccc(S(=O)(=O)N2CCC(CC3=CCC=C(C4=C(OC)CC=CC=C4)C=C3)CC2)c1C(=O)NO. The summed E-state index contributed by atoms with van der Waals surface area (Å²) in [5, 5.41) is 9.35. The number of sulfonamides is 1. The smallest absolute Gasteiger partial charge is 0.279 e. The molecule has 0 unspecified atom stereocenters. The number of hydrogen-bond donors (Lipinski definition) is 2. The molecular formula is C31H38N2O7S. The maximum atomic E-state index is 13.7. The summed E-state index contributed by atoms with van der Waals surface area (Å²) in [6.07, 6.45) is 20.7. The van der Waals surface area contributed by atoms with Crippen LogP contribution in [0.4, 0.5) is 0 Å². The molecule has 2 aliphatic carbocycles. The van der Waals surface area contributed by atoms with Gasteiger partial charge in [0.25, 0.3) is 5.91 Å². The van der Waals surface area contributed by atoms with E-state index >= 15 is 0 Å². The van der Waals surface area contributed by atoms with Crippen LogP contribution in [0.25, 0.3) is 0 Å².